The Bertz CT molecular complexity index is 425. The van der Waals surface area contributed by atoms with Crippen molar-refractivity contribution in [1.29, 1.82) is 0 Å². The highest BCUT2D eigenvalue weighted by atomic mass is 32.2. The third-order valence-electron chi connectivity index (χ3n) is 2.32. The Morgan fingerprint density at radius 2 is 2.13 bits per heavy atom. The summed E-state index contributed by atoms with van der Waals surface area (Å²) in [5, 5.41) is 8.80. The second-order valence-electron chi connectivity index (χ2n) is 3.42. The van der Waals surface area contributed by atoms with Crippen LogP contribution in [-0.4, -0.2) is 43.1 Å². The van der Waals surface area contributed by atoms with Crippen LogP contribution in [0.4, 0.5) is 6.01 Å². The molecule has 0 atom stereocenters. The molecule has 15 heavy (non-hydrogen) atoms. The summed E-state index contributed by atoms with van der Waals surface area (Å²) in [5.41, 5.74) is 0.457. The third-order valence-corrected chi connectivity index (χ3v) is 3.93. The van der Waals surface area contributed by atoms with Crippen LogP contribution >= 0.6 is 0 Å². The van der Waals surface area contributed by atoms with E-state index < -0.39 is 9.84 Å². The summed E-state index contributed by atoms with van der Waals surface area (Å²) in [7, 11) is -2.88. The van der Waals surface area contributed by atoms with Gasteiger partial charge in [0.05, 0.1) is 18.1 Å². The van der Waals surface area contributed by atoms with Gasteiger partial charge in [-0.3, -0.25) is 0 Å². The fraction of sp³-hybridized carbons (Fsp3) is 0.625. The van der Waals surface area contributed by atoms with Crippen LogP contribution in [0, 0.1) is 0 Å². The minimum Gasteiger partial charge on any atom is -0.432 e. The average Bonchev–Trinajstić information content (AvgIpc) is 2.66. The van der Waals surface area contributed by atoms with Crippen LogP contribution in [0.2, 0.25) is 0 Å². The molecular weight excluding hydrogens is 220 g/mol. The number of nitrogens with zero attached hydrogens (tertiary/aromatic N) is 2. The van der Waals surface area contributed by atoms with Crippen molar-refractivity contribution in [2.75, 3.05) is 29.5 Å². The van der Waals surface area contributed by atoms with Crippen molar-refractivity contribution < 1.29 is 17.9 Å². The average molecular weight is 232 g/mol. The molecule has 0 radical (unpaired) electrons. The Hall–Kier alpha value is -1.08. The van der Waals surface area contributed by atoms with Gasteiger partial charge >= 0.3 is 0 Å². The molecule has 0 spiro atoms. The van der Waals surface area contributed by atoms with Gasteiger partial charge in [0.1, 0.15) is 12.0 Å². The van der Waals surface area contributed by atoms with E-state index in [1.54, 1.807) is 4.90 Å². The lowest BCUT2D eigenvalue weighted by Crippen LogP contribution is -2.40. The maximum Gasteiger partial charge on any atom is 0.297 e. The lowest BCUT2D eigenvalue weighted by Gasteiger charge is -2.24. The summed E-state index contributed by atoms with van der Waals surface area (Å²) >= 11 is 0. The molecule has 2 heterocycles. The number of hydrogen-bond donors (Lipinski definition) is 1. The van der Waals surface area contributed by atoms with Gasteiger partial charge in [-0.15, -0.1) is 0 Å². The van der Waals surface area contributed by atoms with Crippen molar-refractivity contribution in [2.24, 2.45) is 0 Å². The Morgan fingerprint density at radius 3 is 2.67 bits per heavy atom. The van der Waals surface area contributed by atoms with Gasteiger partial charge in [-0.2, -0.15) is 4.98 Å². The van der Waals surface area contributed by atoms with Crippen molar-refractivity contribution >= 4 is 15.9 Å². The zero-order valence-corrected chi connectivity index (χ0v) is 8.90. The molecule has 1 aliphatic heterocycles. The zero-order valence-electron chi connectivity index (χ0n) is 8.09. The molecule has 0 aromatic carbocycles. The zero-order chi connectivity index (χ0) is 10.9. The van der Waals surface area contributed by atoms with Crippen LogP contribution in [0.5, 0.6) is 0 Å². The number of aliphatic hydroxyl groups excluding tert-OH is 1. The van der Waals surface area contributed by atoms with Crippen LogP contribution in [0.3, 0.4) is 0 Å². The predicted molar refractivity (Wildman–Crippen MR) is 53.3 cm³/mol. The van der Waals surface area contributed by atoms with Crippen molar-refractivity contribution in [2.45, 2.75) is 6.61 Å². The molecule has 0 saturated carbocycles. The lowest BCUT2D eigenvalue weighted by atomic mass is 10.5. The summed E-state index contributed by atoms with van der Waals surface area (Å²) in [6, 6.07) is 0.383. The van der Waals surface area contributed by atoms with Gasteiger partial charge in [-0.05, 0) is 0 Å². The first-order valence-corrected chi connectivity index (χ1v) is 6.43. The van der Waals surface area contributed by atoms with Gasteiger partial charge < -0.3 is 14.4 Å². The monoisotopic (exact) mass is 232 g/mol. The Morgan fingerprint density at radius 1 is 1.47 bits per heavy atom. The molecule has 1 aromatic rings. The minimum atomic E-state index is -2.88. The number of sulfone groups is 1. The largest absolute Gasteiger partial charge is 0.432 e. The molecule has 0 amide bonds. The van der Waals surface area contributed by atoms with Crippen LogP contribution in [0.25, 0.3) is 0 Å². The van der Waals surface area contributed by atoms with Crippen LogP contribution in [-0.2, 0) is 16.4 Å². The molecule has 1 N–H and O–H groups in total. The molecule has 0 unspecified atom stereocenters. The predicted octanol–water partition coefficient (Wildman–Crippen LogP) is -0.598. The highest BCUT2D eigenvalue weighted by Gasteiger charge is 2.24. The second-order valence-corrected chi connectivity index (χ2v) is 5.72. The standard InChI is InChI=1S/C8H12N2O4S/c11-5-7-6-14-8(9-7)10-1-3-15(12,13)4-2-10/h6,11H,1-5H2. The molecule has 6 nitrogen and oxygen atoms in total. The Kier molecular flexibility index (Phi) is 2.66. The van der Waals surface area contributed by atoms with Crippen LogP contribution in [0.1, 0.15) is 5.69 Å². The number of rotatable bonds is 2. The SMILES string of the molecule is O=S1(=O)CCN(c2nc(CO)co2)CC1. The van der Waals surface area contributed by atoms with E-state index in [0.29, 0.717) is 24.8 Å². The first-order chi connectivity index (χ1) is 7.11. The van der Waals surface area contributed by atoms with E-state index in [2.05, 4.69) is 4.98 Å². The summed E-state index contributed by atoms with van der Waals surface area (Å²) in [5.74, 6) is 0.258. The minimum absolute atomic E-state index is 0.129. The summed E-state index contributed by atoms with van der Waals surface area (Å²) in [6.45, 7) is 0.622. The molecule has 1 fully saturated rings. The van der Waals surface area contributed by atoms with Gasteiger partial charge in [0, 0.05) is 13.1 Å². The molecule has 0 aliphatic carbocycles. The first kappa shape index (κ1) is 10.4. The van der Waals surface area contributed by atoms with E-state index in [0.717, 1.165) is 0 Å². The van der Waals surface area contributed by atoms with E-state index >= 15 is 0 Å². The molecule has 0 bridgehead atoms. The summed E-state index contributed by atoms with van der Waals surface area (Å²) in [4.78, 5) is 5.78. The fourth-order valence-corrected chi connectivity index (χ4v) is 2.62. The van der Waals surface area contributed by atoms with E-state index in [9.17, 15) is 8.42 Å². The number of anilines is 1. The fourth-order valence-electron chi connectivity index (χ4n) is 1.42. The van der Waals surface area contributed by atoms with Gasteiger partial charge in [-0.25, -0.2) is 8.42 Å². The smallest absolute Gasteiger partial charge is 0.297 e. The van der Waals surface area contributed by atoms with Gasteiger partial charge in [-0.1, -0.05) is 0 Å². The molecule has 7 heteroatoms. The third kappa shape index (κ3) is 2.29. The topological polar surface area (TPSA) is 83.6 Å². The molecular formula is C8H12N2O4S. The molecule has 1 saturated heterocycles. The van der Waals surface area contributed by atoms with Crippen molar-refractivity contribution in [3.05, 3.63) is 12.0 Å². The summed E-state index contributed by atoms with van der Waals surface area (Å²) in [6.07, 6.45) is 1.37. The van der Waals surface area contributed by atoms with E-state index in [4.69, 9.17) is 9.52 Å². The number of aromatic nitrogens is 1. The maximum atomic E-state index is 11.2. The van der Waals surface area contributed by atoms with E-state index in [1.807, 2.05) is 0 Å². The van der Waals surface area contributed by atoms with Gasteiger partial charge in [0.2, 0.25) is 0 Å². The molecule has 1 aliphatic rings. The first-order valence-electron chi connectivity index (χ1n) is 4.61. The number of hydrogen-bond acceptors (Lipinski definition) is 6. The molecule has 84 valence electrons. The highest BCUT2D eigenvalue weighted by Crippen LogP contribution is 2.16. The normalized spacial score (nSPS) is 20.5. The lowest BCUT2D eigenvalue weighted by molar-refractivity contribution is 0.276. The maximum absolute atomic E-state index is 11.2. The molecule has 1 aromatic heterocycles. The summed E-state index contributed by atoms with van der Waals surface area (Å²) < 4.78 is 27.5. The Labute approximate surface area is 87.4 Å². The highest BCUT2D eigenvalue weighted by molar-refractivity contribution is 7.91. The Balaban J connectivity index is 2.07. The van der Waals surface area contributed by atoms with Crippen LogP contribution < -0.4 is 4.90 Å². The second kappa shape index (κ2) is 3.82. The quantitative estimate of drug-likeness (QED) is 0.733. The van der Waals surface area contributed by atoms with Crippen LogP contribution in [0.15, 0.2) is 10.7 Å². The number of oxazole rings is 1. The van der Waals surface area contributed by atoms with Crippen molar-refractivity contribution in [1.82, 2.24) is 4.98 Å². The van der Waals surface area contributed by atoms with Crippen molar-refractivity contribution in [3.63, 3.8) is 0 Å². The van der Waals surface area contributed by atoms with Crippen molar-refractivity contribution in [3.8, 4) is 0 Å². The number of aliphatic hydroxyl groups is 1. The van der Waals surface area contributed by atoms with E-state index in [1.165, 1.54) is 6.26 Å². The van der Waals surface area contributed by atoms with Gasteiger partial charge in [0.25, 0.3) is 6.01 Å². The van der Waals surface area contributed by atoms with Gasteiger partial charge in [0.15, 0.2) is 9.84 Å². The molecule has 2 rings (SSSR count). The van der Waals surface area contributed by atoms with E-state index in [-0.39, 0.29) is 18.1 Å².